The zero-order valence-electron chi connectivity index (χ0n) is 12.6. The van der Waals surface area contributed by atoms with Gasteiger partial charge in [0.1, 0.15) is 5.75 Å². The van der Waals surface area contributed by atoms with Gasteiger partial charge in [-0.05, 0) is 55.7 Å². The van der Waals surface area contributed by atoms with E-state index in [0.29, 0.717) is 5.92 Å². The van der Waals surface area contributed by atoms with Crippen molar-refractivity contribution in [2.24, 2.45) is 5.92 Å². The summed E-state index contributed by atoms with van der Waals surface area (Å²) in [6.07, 6.45) is 5.62. The molecule has 1 aromatic carbocycles. The molecule has 0 bridgehead atoms. The Morgan fingerprint density at radius 3 is 2.62 bits per heavy atom. The molecule has 0 radical (unpaired) electrons. The van der Waals surface area contributed by atoms with Crippen molar-refractivity contribution in [3.8, 4) is 5.75 Å². The first-order chi connectivity index (χ1) is 10.3. The van der Waals surface area contributed by atoms with Gasteiger partial charge in [-0.2, -0.15) is 0 Å². The highest BCUT2D eigenvalue weighted by Crippen LogP contribution is 2.41. The minimum atomic E-state index is -0.0554. The third-order valence-corrected chi connectivity index (χ3v) is 4.48. The van der Waals surface area contributed by atoms with Crippen molar-refractivity contribution in [1.29, 1.82) is 0 Å². The molecule has 2 aliphatic rings. The molecule has 1 saturated heterocycles. The lowest BCUT2D eigenvalue weighted by Gasteiger charge is -2.24. The van der Waals surface area contributed by atoms with Crippen LogP contribution < -0.4 is 15.4 Å². The number of carbonyl (C=O) groups is 1. The Hall–Kier alpha value is -1.55. The van der Waals surface area contributed by atoms with Crippen LogP contribution in [-0.2, 0) is 4.79 Å². The number of hydrogen-bond donors (Lipinski definition) is 2. The summed E-state index contributed by atoms with van der Waals surface area (Å²) in [4.78, 5) is 12.1. The average molecular weight is 288 g/mol. The zero-order chi connectivity index (χ0) is 14.7. The molecule has 4 nitrogen and oxygen atoms in total. The van der Waals surface area contributed by atoms with E-state index in [1.165, 1.54) is 18.4 Å². The van der Waals surface area contributed by atoms with Gasteiger partial charge in [0.2, 0.25) is 5.91 Å². The average Bonchev–Trinajstić information content (AvgIpc) is 3.34. The second kappa shape index (κ2) is 6.48. The normalized spacial score (nSPS) is 24.0. The number of nitrogens with one attached hydrogen (secondary N) is 2. The van der Waals surface area contributed by atoms with Crippen LogP contribution in [0.2, 0.25) is 0 Å². The van der Waals surface area contributed by atoms with Gasteiger partial charge in [-0.1, -0.05) is 12.1 Å². The SMILES string of the molecule is COc1ccc(C(NC2CCCCNC2=O)C2CC2)cc1. The van der Waals surface area contributed by atoms with Crippen LogP contribution in [0.5, 0.6) is 5.75 Å². The first kappa shape index (κ1) is 14.4. The minimum absolute atomic E-state index is 0.0554. The van der Waals surface area contributed by atoms with Crippen molar-refractivity contribution in [3.63, 3.8) is 0 Å². The van der Waals surface area contributed by atoms with E-state index in [9.17, 15) is 4.79 Å². The third-order valence-electron chi connectivity index (χ3n) is 4.48. The summed E-state index contributed by atoms with van der Waals surface area (Å²) in [5, 5.41) is 6.62. The summed E-state index contributed by atoms with van der Waals surface area (Å²) >= 11 is 0. The van der Waals surface area contributed by atoms with Crippen molar-refractivity contribution < 1.29 is 9.53 Å². The molecule has 1 aliphatic carbocycles. The van der Waals surface area contributed by atoms with Crippen LogP contribution in [-0.4, -0.2) is 25.6 Å². The lowest BCUT2D eigenvalue weighted by Crippen LogP contribution is -2.44. The van der Waals surface area contributed by atoms with E-state index in [0.717, 1.165) is 31.6 Å². The van der Waals surface area contributed by atoms with Crippen LogP contribution in [0.1, 0.15) is 43.7 Å². The van der Waals surface area contributed by atoms with E-state index in [4.69, 9.17) is 4.74 Å². The molecule has 114 valence electrons. The molecule has 1 amide bonds. The molecule has 1 saturated carbocycles. The van der Waals surface area contributed by atoms with E-state index in [1.807, 2.05) is 12.1 Å². The fourth-order valence-electron chi connectivity index (χ4n) is 3.06. The Labute approximate surface area is 126 Å². The Balaban J connectivity index is 1.73. The first-order valence-corrected chi connectivity index (χ1v) is 7.95. The number of benzene rings is 1. The van der Waals surface area contributed by atoms with Gasteiger partial charge in [0.25, 0.3) is 0 Å². The molecule has 2 fully saturated rings. The number of ether oxygens (including phenoxy) is 1. The van der Waals surface area contributed by atoms with Crippen molar-refractivity contribution in [2.45, 2.75) is 44.2 Å². The number of carbonyl (C=O) groups excluding carboxylic acids is 1. The van der Waals surface area contributed by atoms with E-state index in [1.54, 1.807) is 7.11 Å². The largest absolute Gasteiger partial charge is 0.497 e. The third kappa shape index (κ3) is 3.56. The molecule has 2 unspecified atom stereocenters. The molecule has 21 heavy (non-hydrogen) atoms. The van der Waals surface area contributed by atoms with Crippen molar-refractivity contribution >= 4 is 5.91 Å². The van der Waals surface area contributed by atoms with E-state index >= 15 is 0 Å². The summed E-state index contributed by atoms with van der Waals surface area (Å²) in [5.74, 6) is 1.70. The van der Waals surface area contributed by atoms with Gasteiger partial charge < -0.3 is 10.1 Å². The second-order valence-corrected chi connectivity index (χ2v) is 6.09. The molecular weight excluding hydrogens is 264 g/mol. The predicted molar refractivity (Wildman–Crippen MR) is 82.2 cm³/mol. The number of amides is 1. The lowest BCUT2D eigenvalue weighted by atomic mass is 9.99. The maximum absolute atomic E-state index is 12.1. The molecule has 2 atom stereocenters. The van der Waals surface area contributed by atoms with Crippen molar-refractivity contribution in [2.75, 3.05) is 13.7 Å². The summed E-state index contributed by atoms with van der Waals surface area (Å²) in [6.45, 7) is 0.813. The predicted octanol–water partition coefficient (Wildman–Crippen LogP) is 2.40. The quantitative estimate of drug-likeness (QED) is 0.875. The molecule has 1 heterocycles. The summed E-state index contributed by atoms with van der Waals surface area (Å²) in [6, 6.07) is 8.45. The van der Waals surface area contributed by atoms with Crippen molar-refractivity contribution in [1.82, 2.24) is 10.6 Å². The summed E-state index contributed by atoms with van der Waals surface area (Å²) in [7, 11) is 1.68. The monoisotopic (exact) mass is 288 g/mol. The van der Waals surface area contributed by atoms with Gasteiger partial charge in [-0.3, -0.25) is 10.1 Å². The maximum Gasteiger partial charge on any atom is 0.237 e. The Morgan fingerprint density at radius 2 is 1.95 bits per heavy atom. The van der Waals surface area contributed by atoms with Gasteiger partial charge >= 0.3 is 0 Å². The molecule has 1 aliphatic heterocycles. The zero-order valence-corrected chi connectivity index (χ0v) is 12.6. The molecule has 0 aromatic heterocycles. The van der Waals surface area contributed by atoms with Crippen molar-refractivity contribution in [3.05, 3.63) is 29.8 Å². The van der Waals surface area contributed by atoms with Crippen LogP contribution >= 0.6 is 0 Å². The highest BCUT2D eigenvalue weighted by atomic mass is 16.5. The molecule has 3 rings (SSSR count). The van der Waals surface area contributed by atoms with Gasteiger partial charge in [0, 0.05) is 12.6 Å². The number of rotatable bonds is 5. The molecule has 1 aromatic rings. The number of hydrogen-bond acceptors (Lipinski definition) is 3. The van der Waals surface area contributed by atoms with Crippen LogP contribution in [0, 0.1) is 5.92 Å². The smallest absolute Gasteiger partial charge is 0.237 e. The Bertz CT molecular complexity index is 482. The van der Waals surface area contributed by atoms with Crippen LogP contribution in [0.3, 0.4) is 0 Å². The Kier molecular flexibility index (Phi) is 4.44. The summed E-state index contributed by atoms with van der Waals surface area (Å²) in [5.41, 5.74) is 1.26. The van der Waals surface area contributed by atoms with Gasteiger partial charge in [0.05, 0.1) is 13.2 Å². The topological polar surface area (TPSA) is 50.4 Å². The molecule has 4 heteroatoms. The number of methoxy groups -OCH3 is 1. The molecular formula is C17H24N2O2. The van der Waals surface area contributed by atoms with Crippen LogP contribution in [0.25, 0.3) is 0 Å². The van der Waals surface area contributed by atoms with E-state index in [2.05, 4.69) is 22.8 Å². The van der Waals surface area contributed by atoms with E-state index in [-0.39, 0.29) is 18.0 Å². The van der Waals surface area contributed by atoms with Crippen LogP contribution in [0.4, 0.5) is 0 Å². The highest BCUT2D eigenvalue weighted by molar-refractivity contribution is 5.82. The Morgan fingerprint density at radius 1 is 1.19 bits per heavy atom. The van der Waals surface area contributed by atoms with E-state index < -0.39 is 0 Å². The highest BCUT2D eigenvalue weighted by Gasteiger charge is 2.35. The fourth-order valence-corrected chi connectivity index (χ4v) is 3.06. The first-order valence-electron chi connectivity index (χ1n) is 7.95. The lowest BCUT2D eigenvalue weighted by molar-refractivity contribution is -0.123. The fraction of sp³-hybridized carbons (Fsp3) is 0.588. The molecule has 0 spiro atoms. The second-order valence-electron chi connectivity index (χ2n) is 6.09. The maximum atomic E-state index is 12.1. The van der Waals surface area contributed by atoms with Gasteiger partial charge in [-0.25, -0.2) is 0 Å². The van der Waals surface area contributed by atoms with Gasteiger partial charge in [-0.15, -0.1) is 0 Å². The standard InChI is InChI=1S/C17H24N2O2/c1-21-14-9-7-13(8-10-14)16(12-5-6-12)19-15-4-2-3-11-18-17(15)20/h7-10,12,15-16,19H,2-6,11H2,1H3,(H,18,20). The van der Waals surface area contributed by atoms with Crippen LogP contribution in [0.15, 0.2) is 24.3 Å². The minimum Gasteiger partial charge on any atom is -0.497 e. The summed E-state index contributed by atoms with van der Waals surface area (Å²) < 4.78 is 5.22. The van der Waals surface area contributed by atoms with Gasteiger partial charge in [0.15, 0.2) is 0 Å². The molecule has 2 N–H and O–H groups in total.